The number of nitrogens with zero attached hydrogens (tertiary/aromatic N) is 4. The van der Waals surface area contributed by atoms with E-state index in [-0.39, 0.29) is 67.0 Å². The number of nitrogens with one attached hydrogen (secondary N) is 1. The van der Waals surface area contributed by atoms with E-state index in [4.69, 9.17) is 31.4 Å². The van der Waals surface area contributed by atoms with Gasteiger partial charge in [0.15, 0.2) is 22.1 Å². The predicted octanol–water partition coefficient (Wildman–Crippen LogP) is 6.48. The Hall–Kier alpha value is -6.21. The number of aromatic amines is 1. The number of aromatic nitrogens is 5. The van der Waals surface area contributed by atoms with Gasteiger partial charge in [0, 0.05) is 18.2 Å². The van der Waals surface area contributed by atoms with Crippen LogP contribution >= 0.6 is 12.2 Å². The number of Topliss-reactive ketones (excluding diaryl/α,β-unsaturated/α-hetero) is 1. The number of benzene rings is 3. The molecule has 0 saturated carbocycles. The van der Waals surface area contributed by atoms with Crippen LogP contribution in [-0.4, -0.2) is 54.5 Å². The predicted molar refractivity (Wildman–Crippen MR) is 197 cm³/mol. The first-order valence-corrected chi connectivity index (χ1v) is 16.9. The van der Waals surface area contributed by atoms with Crippen LogP contribution in [0.2, 0.25) is 0 Å². The lowest BCUT2D eigenvalue weighted by atomic mass is 9.71. The summed E-state index contributed by atoms with van der Waals surface area (Å²) in [5.41, 5.74) is 2.41. The largest absolute Gasteiger partial charge is 0.507 e. The zero-order valence-corrected chi connectivity index (χ0v) is 29.7. The van der Waals surface area contributed by atoms with Crippen molar-refractivity contribution in [2.75, 3.05) is 14.2 Å². The Morgan fingerprint density at radius 2 is 1.71 bits per heavy atom. The van der Waals surface area contributed by atoms with Crippen LogP contribution in [0.25, 0.3) is 34.1 Å². The van der Waals surface area contributed by atoms with E-state index in [9.17, 15) is 19.8 Å². The molecule has 4 heterocycles. The second kappa shape index (κ2) is 11.9. The smallest absolute Gasteiger partial charge is 0.261 e. The molecular formula is C39H33N5O7S. The lowest BCUT2D eigenvalue weighted by Gasteiger charge is -2.27. The molecule has 0 radical (unpaired) electrons. The monoisotopic (exact) mass is 715 g/mol. The fraction of sp³-hybridized carbons (Fsp3) is 0.205. The SMILES string of the molecule is COc1ccc(CCn2c(=S)[nH]c(=O)c3ccc(-c4c(O)c(C)c(O)c5c4OC4=Cc6c(c(C)nn6-c6ccccc6)C(=O)[C@@]45C)nc32)cc1OC. The minimum absolute atomic E-state index is 0.0943. The molecule has 1 aliphatic carbocycles. The van der Waals surface area contributed by atoms with Gasteiger partial charge in [-0.2, -0.15) is 5.10 Å². The zero-order chi connectivity index (χ0) is 36.6. The number of hydrogen-bond acceptors (Lipinski definition) is 10. The summed E-state index contributed by atoms with van der Waals surface area (Å²) in [5, 5.41) is 28.2. The molecule has 0 saturated heterocycles. The molecule has 3 aromatic carbocycles. The highest BCUT2D eigenvalue weighted by Gasteiger charge is 2.55. The molecule has 262 valence electrons. The second-order valence-electron chi connectivity index (χ2n) is 13.0. The van der Waals surface area contributed by atoms with Crippen molar-refractivity contribution in [3.8, 4) is 45.7 Å². The van der Waals surface area contributed by atoms with Gasteiger partial charge in [0.1, 0.15) is 34.1 Å². The van der Waals surface area contributed by atoms with Crippen molar-refractivity contribution in [2.45, 2.75) is 39.2 Å². The second-order valence-corrected chi connectivity index (χ2v) is 13.4. The number of allylic oxidation sites excluding steroid dienone is 1. The number of pyridine rings is 1. The first-order valence-electron chi connectivity index (χ1n) is 16.5. The van der Waals surface area contributed by atoms with Crippen LogP contribution in [0.4, 0.5) is 0 Å². The highest BCUT2D eigenvalue weighted by molar-refractivity contribution is 7.71. The van der Waals surface area contributed by atoms with Gasteiger partial charge in [0.2, 0.25) is 0 Å². The molecule has 0 unspecified atom stereocenters. The molecule has 13 heteroatoms. The van der Waals surface area contributed by atoms with Gasteiger partial charge in [-0.3, -0.25) is 14.6 Å². The standard InChI is InChI=1S/C39H33N5O7S/c1-19-32(45)30(24-13-12-23-36(40-24)43(38(52)41-37(23)48)16-15-21-11-14-26(49-4)27(17-21)50-5)34-31(33(19)46)39(3)28(51-34)18-25-29(35(39)47)20(2)42-44(25)22-9-7-6-8-10-22/h6-14,17-18,45-46H,15-16H2,1-5H3,(H,41,48,52)/t39-/m0/s1. The number of rotatable bonds is 7. The number of aromatic hydroxyl groups is 2. The number of ether oxygens (including phenoxy) is 3. The molecule has 2 aliphatic rings. The Bertz CT molecular complexity index is 2660. The fourth-order valence-electron chi connectivity index (χ4n) is 7.25. The van der Waals surface area contributed by atoms with E-state index in [0.29, 0.717) is 41.4 Å². The summed E-state index contributed by atoms with van der Waals surface area (Å²) < 4.78 is 20.9. The number of fused-ring (bicyclic) bond motifs is 5. The van der Waals surface area contributed by atoms with Crippen LogP contribution < -0.4 is 19.8 Å². The Labute approximate surface area is 302 Å². The number of hydrogen-bond donors (Lipinski definition) is 3. The molecule has 1 aliphatic heterocycles. The number of ketones is 1. The van der Waals surface area contributed by atoms with Crippen LogP contribution in [0.1, 0.15) is 45.4 Å². The minimum atomic E-state index is -1.43. The van der Waals surface area contributed by atoms with Crippen molar-refractivity contribution in [3.05, 3.63) is 115 Å². The maximum Gasteiger partial charge on any atom is 0.261 e. The molecule has 3 aromatic heterocycles. The first-order chi connectivity index (χ1) is 25.0. The normalized spacial score (nSPS) is 15.9. The van der Waals surface area contributed by atoms with Gasteiger partial charge in [0.25, 0.3) is 5.56 Å². The first kappa shape index (κ1) is 33.0. The van der Waals surface area contributed by atoms with Gasteiger partial charge in [0.05, 0.1) is 59.1 Å². The summed E-state index contributed by atoms with van der Waals surface area (Å²) in [5.74, 6) is 0.716. The molecule has 0 amide bonds. The Morgan fingerprint density at radius 1 is 0.962 bits per heavy atom. The molecule has 1 atom stereocenters. The van der Waals surface area contributed by atoms with Crippen LogP contribution in [-0.2, 0) is 18.4 Å². The van der Waals surface area contributed by atoms with E-state index >= 15 is 0 Å². The summed E-state index contributed by atoms with van der Waals surface area (Å²) in [4.78, 5) is 35.3. The number of para-hydroxylation sites is 1. The lowest BCUT2D eigenvalue weighted by Crippen LogP contribution is -2.36. The van der Waals surface area contributed by atoms with Crippen LogP contribution in [0.3, 0.4) is 0 Å². The summed E-state index contributed by atoms with van der Waals surface area (Å²) in [6.45, 7) is 5.39. The topological polar surface area (TPSA) is 154 Å². The van der Waals surface area contributed by atoms with E-state index in [1.165, 1.54) is 0 Å². The third kappa shape index (κ3) is 4.69. The van der Waals surface area contributed by atoms with Crippen molar-refractivity contribution in [1.29, 1.82) is 0 Å². The quantitative estimate of drug-likeness (QED) is 0.157. The third-order valence-electron chi connectivity index (χ3n) is 10.1. The van der Waals surface area contributed by atoms with Gasteiger partial charge < -0.3 is 29.0 Å². The van der Waals surface area contributed by atoms with Crippen molar-refractivity contribution in [1.82, 2.24) is 24.3 Å². The molecule has 8 rings (SSSR count). The zero-order valence-electron chi connectivity index (χ0n) is 28.9. The molecule has 3 N–H and O–H groups in total. The molecule has 52 heavy (non-hydrogen) atoms. The number of aryl methyl sites for hydroxylation is 3. The van der Waals surface area contributed by atoms with Crippen molar-refractivity contribution < 1.29 is 29.2 Å². The van der Waals surface area contributed by atoms with Gasteiger partial charge in [-0.1, -0.05) is 24.3 Å². The molecule has 0 fully saturated rings. The summed E-state index contributed by atoms with van der Waals surface area (Å²) in [7, 11) is 3.14. The van der Waals surface area contributed by atoms with Gasteiger partial charge >= 0.3 is 0 Å². The number of methoxy groups -OCH3 is 2. The number of phenols is 2. The summed E-state index contributed by atoms with van der Waals surface area (Å²) in [6, 6.07) is 18.3. The minimum Gasteiger partial charge on any atom is -0.507 e. The van der Waals surface area contributed by atoms with E-state index in [1.54, 1.807) is 62.4 Å². The van der Waals surface area contributed by atoms with Crippen LogP contribution in [0.5, 0.6) is 28.7 Å². The van der Waals surface area contributed by atoms with Crippen molar-refractivity contribution in [2.24, 2.45) is 0 Å². The number of carbonyl (C=O) groups is 1. The number of carbonyl (C=O) groups excluding carboxylic acids is 1. The lowest BCUT2D eigenvalue weighted by molar-refractivity contribution is 0.0905. The highest BCUT2D eigenvalue weighted by Crippen LogP contribution is 2.60. The highest BCUT2D eigenvalue weighted by atomic mass is 32.1. The molecule has 0 spiro atoms. The van der Waals surface area contributed by atoms with Gasteiger partial charge in [-0.15, -0.1) is 0 Å². The van der Waals surface area contributed by atoms with Crippen molar-refractivity contribution in [3.63, 3.8) is 0 Å². The van der Waals surface area contributed by atoms with Crippen LogP contribution in [0.15, 0.2) is 71.2 Å². The maximum absolute atomic E-state index is 14.6. The van der Waals surface area contributed by atoms with E-state index < -0.39 is 11.0 Å². The summed E-state index contributed by atoms with van der Waals surface area (Å²) >= 11 is 5.62. The van der Waals surface area contributed by atoms with Crippen LogP contribution in [0, 0.1) is 18.6 Å². The average molecular weight is 716 g/mol. The number of phenolic OH excluding ortho intramolecular Hbond substituents is 2. The molecule has 0 bridgehead atoms. The average Bonchev–Trinajstić information content (AvgIpc) is 3.64. The van der Waals surface area contributed by atoms with Crippen molar-refractivity contribution >= 4 is 35.1 Å². The third-order valence-corrected chi connectivity index (χ3v) is 10.4. The summed E-state index contributed by atoms with van der Waals surface area (Å²) in [6.07, 6.45) is 2.27. The molecule has 6 aromatic rings. The van der Waals surface area contributed by atoms with Gasteiger partial charge in [-0.25, -0.2) is 9.67 Å². The Morgan fingerprint density at radius 3 is 2.44 bits per heavy atom. The number of H-pyrrole nitrogens is 1. The van der Waals surface area contributed by atoms with E-state index in [0.717, 1.165) is 11.3 Å². The molecular weight excluding hydrogens is 683 g/mol. The maximum atomic E-state index is 14.6. The molecule has 12 nitrogen and oxygen atoms in total. The Kier molecular flexibility index (Phi) is 7.57. The van der Waals surface area contributed by atoms with E-state index in [1.807, 2.05) is 48.5 Å². The Balaban J connectivity index is 1.28. The van der Waals surface area contributed by atoms with Gasteiger partial charge in [-0.05, 0) is 81.4 Å². The van der Waals surface area contributed by atoms with E-state index in [2.05, 4.69) is 10.1 Å². The fourth-order valence-corrected chi connectivity index (χ4v) is 7.52.